The highest BCUT2D eigenvalue weighted by molar-refractivity contribution is 7.89. The summed E-state index contributed by atoms with van der Waals surface area (Å²) < 4.78 is 32.1. The molecule has 0 saturated carbocycles. The number of amides is 1. The van der Waals surface area contributed by atoms with Gasteiger partial charge >= 0.3 is 0 Å². The zero-order valence-electron chi connectivity index (χ0n) is 16.5. The van der Waals surface area contributed by atoms with Crippen molar-refractivity contribution < 1.29 is 17.9 Å². The van der Waals surface area contributed by atoms with Crippen LogP contribution in [-0.4, -0.2) is 51.1 Å². The lowest BCUT2D eigenvalue weighted by Crippen LogP contribution is -2.40. The van der Waals surface area contributed by atoms with Crippen LogP contribution < -0.4 is 5.43 Å². The number of sulfonamides is 1. The highest BCUT2D eigenvalue weighted by Crippen LogP contribution is 2.18. The number of hydrogen-bond acceptors (Lipinski definition) is 5. The summed E-state index contributed by atoms with van der Waals surface area (Å²) in [5.41, 5.74) is 4.76. The Balaban J connectivity index is 1.67. The summed E-state index contributed by atoms with van der Waals surface area (Å²) in [4.78, 5) is 12.5. The number of ether oxygens (including phenoxy) is 1. The molecule has 1 aliphatic rings. The second kappa shape index (κ2) is 9.30. The minimum atomic E-state index is -3.66. The van der Waals surface area contributed by atoms with Crippen LogP contribution in [0.4, 0.5) is 0 Å². The minimum absolute atomic E-state index is 0.0836. The summed E-state index contributed by atoms with van der Waals surface area (Å²) in [5, 5.41) is 3.97. The predicted octanol–water partition coefficient (Wildman–Crippen LogP) is 2.59. The summed E-state index contributed by atoms with van der Waals surface area (Å²) in [7, 11) is -3.66. The number of carbonyl (C=O) groups is 1. The van der Waals surface area contributed by atoms with Crippen LogP contribution in [0.5, 0.6) is 0 Å². The largest absolute Gasteiger partial charge is 0.379 e. The van der Waals surface area contributed by atoms with Gasteiger partial charge in [0.15, 0.2) is 0 Å². The molecule has 0 bridgehead atoms. The van der Waals surface area contributed by atoms with Crippen LogP contribution in [0.15, 0.2) is 58.5 Å². The number of hydrazone groups is 1. The molecule has 0 unspecified atom stereocenters. The van der Waals surface area contributed by atoms with Gasteiger partial charge in [0, 0.05) is 18.7 Å². The molecule has 1 N–H and O–H groups in total. The molecule has 0 atom stereocenters. The molecule has 1 heterocycles. The normalized spacial score (nSPS) is 15.7. The Bertz CT molecular complexity index is 979. The lowest BCUT2D eigenvalue weighted by molar-refractivity contribution is 0.0730. The smallest absolute Gasteiger partial charge is 0.271 e. The van der Waals surface area contributed by atoms with E-state index >= 15 is 0 Å². The second-order valence-corrected chi connectivity index (χ2v) is 9.00. The Labute approximate surface area is 171 Å². The molecule has 3 rings (SSSR count). The summed E-state index contributed by atoms with van der Waals surface area (Å²) in [6.45, 7) is 5.59. The number of hydrogen-bond donors (Lipinski definition) is 1. The van der Waals surface area contributed by atoms with E-state index in [0.29, 0.717) is 32.2 Å². The minimum Gasteiger partial charge on any atom is -0.379 e. The van der Waals surface area contributed by atoms with Gasteiger partial charge in [-0.1, -0.05) is 44.2 Å². The molecule has 1 fully saturated rings. The van der Waals surface area contributed by atoms with E-state index in [-0.39, 0.29) is 10.5 Å². The van der Waals surface area contributed by atoms with E-state index in [1.807, 2.05) is 24.3 Å². The van der Waals surface area contributed by atoms with Crippen LogP contribution in [0.25, 0.3) is 0 Å². The fourth-order valence-electron chi connectivity index (χ4n) is 2.93. The van der Waals surface area contributed by atoms with Gasteiger partial charge in [-0.25, -0.2) is 13.8 Å². The first kappa shape index (κ1) is 21.2. The first-order valence-corrected chi connectivity index (χ1v) is 10.9. The van der Waals surface area contributed by atoms with Crippen molar-refractivity contribution in [2.24, 2.45) is 5.10 Å². The Morgan fingerprint density at radius 2 is 1.83 bits per heavy atom. The molecule has 7 nitrogen and oxygen atoms in total. The van der Waals surface area contributed by atoms with Gasteiger partial charge in [-0.15, -0.1) is 0 Å². The van der Waals surface area contributed by atoms with Gasteiger partial charge in [0.25, 0.3) is 5.91 Å². The highest BCUT2D eigenvalue weighted by Gasteiger charge is 2.26. The van der Waals surface area contributed by atoms with Gasteiger partial charge in [-0.2, -0.15) is 9.41 Å². The maximum absolute atomic E-state index is 12.7. The number of nitrogens with one attached hydrogen (secondary N) is 1. The van der Waals surface area contributed by atoms with Crippen LogP contribution >= 0.6 is 0 Å². The molecule has 0 aromatic heterocycles. The summed E-state index contributed by atoms with van der Waals surface area (Å²) in [6.07, 6.45) is 1.55. The first-order chi connectivity index (χ1) is 13.9. The van der Waals surface area contributed by atoms with E-state index in [0.717, 1.165) is 5.56 Å². The van der Waals surface area contributed by atoms with E-state index in [9.17, 15) is 13.2 Å². The average molecular weight is 416 g/mol. The zero-order valence-corrected chi connectivity index (χ0v) is 17.4. The van der Waals surface area contributed by atoms with Crippen molar-refractivity contribution in [1.29, 1.82) is 0 Å². The SMILES string of the molecule is CC(C)c1ccc(/C=N\NC(=O)c2cccc(S(=O)(=O)N3CCOCC3)c2)cc1. The van der Waals surface area contributed by atoms with Crippen LogP contribution in [0.1, 0.15) is 41.3 Å². The highest BCUT2D eigenvalue weighted by atomic mass is 32.2. The topological polar surface area (TPSA) is 88.1 Å². The standard InChI is InChI=1S/C21H25N3O4S/c1-16(2)18-8-6-17(7-9-18)15-22-23-21(25)19-4-3-5-20(14-19)29(26,27)24-10-12-28-13-11-24/h3-9,14-16H,10-13H2,1-2H3,(H,23,25)/b22-15-. The Morgan fingerprint density at radius 1 is 1.14 bits per heavy atom. The lowest BCUT2D eigenvalue weighted by Gasteiger charge is -2.26. The van der Waals surface area contributed by atoms with Crippen molar-refractivity contribution in [2.45, 2.75) is 24.7 Å². The first-order valence-electron chi connectivity index (χ1n) is 9.49. The van der Waals surface area contributed by atoms with Crippen LogP contribution in [-0.2, 0) is 14.8 Å². The van der Waals surface area contributed by atoms with E-state index in [4.69, 9.17) is 4.74 Å². The van der Waals surface area contributed by atoms with Crippen molar-refractivity contribution in [3.63, 3.8) is 0 Å². The third-order valence-corrected chi connectivity index (χ3v) is 6.58. The third kappa shape index (κ3) is 5.29. The number of nitrogens with zero attached hydrogens (tertiary/aromatic N) is 2. The van der Waals surface area contributed by atoms with Crippen molar-refractivity contribution in [2.75, 3.05) is 26.3 Å². The average Bonchev–Trinajstić information content (AvgIpc) is 2.74. The van der Waals surface area contributed by atoms with Crippen LogP contribution in [0.2, 0.25) is 0 Å². The molecule has 1 aliphatic heterocycles. The van der Waals surface area contributed by atoms with Gasteiger partial charge in [0.1, 0.15) is 0 Å². The number of morpholine rings is 1. The summed E-state index contributed by atoms with van der Waals surface area (Å²) in [6, 6.07) is 13.9. The number of benzene rings is 2. The molecule has 0 radical (unpaired) electrons. The molecule has 29 heavy (non-hydrogen) atoms. The second-order valence-electron chi connectivity index (χ2n) is 7.06. The Kier molecular flexibility index (Phi) is 6.79. The maximum atomic E-state index is 12.7. The fraction of sp³-hybridized carbons (Fsp3) is 0.333. The summed E-state index contributed by atoms with van der Waals surface area (Å²) >= 11 is 0. The van der Waals surface area contributed by atoms with Gasteiger partial charge in [0.05, 0.1) is 24.3 Å². The fourth-order valence-corrected chi connectivity index (χ4v) is 4.39. The molecule has 2 aromatic carbocycles. The lowest BCUT2D eigenvalue weighted by atomic mass is 10.0. The molecule has 0 spiro atoms. The molecular weight excluding hydrogens is 390 g/mol. The van der Waals surface area contributed by atoms with Gasteiger partial charge < -0.3 is 4.74 Å². The molecule has 1 amide bonds. The monoisotopic (exact) mass is 415 g/mol. The van der Waals surface area contributed by atoms with Crippen LogP contribution in [0, 0.1) is 0 Å². The Morgan fingerprint density at radius 3 is 2.48 bits per heavy atom. The van der Waals surface area contributed by atoms with Crippen molar-refractivity contribution in [1.82, 2.24) is 9.73 Å². The number of carbonyl (C=O) groups excluding carboxylic acids is 1. The zero-order chi connectivity index (χ0) is 20.9. The predicted molar refractivity (Wildman–Crippen MR) is 112 cm³/mol. The molecule has 2 aromatic rings. The molecule has 0 aliphatic carbocycles. The Hall–Kier alpha value is -2.55. The molecule has 1 saturated heterocycles. The van der Waals surface area contributed by atoms with Gasteiger partial charge in [-0.3, -0.25) is 4.79 Å². The van der Waals surface area contributed by atoms with Crippen LogP contribution in [0.3, 0.4) is 0 Å². The van der Waals surface area contributed by atoms with Crippen molar-refractivity contribution in [3.8, 4) is 0 Å². The summed E-state index contributed by atoms with van der Waals surface area (Å²) in [5.74, 6) is -0.0270. The number of rotatable bonds is 6. The van der Waals surface area contributed by atoms with Crippen molar-refractivity contribution >= 4 is 22.1 Å². The van der Waals surface area contributed by atoms with E-state index in [2.05, 4.69) is 24.4 Å². The van der Waals surface area contributed by atoms with E-state index < -0.39 is 15.9 Å². The van der Waals surface area contributed by atoms with E-state index in [1.54, 1.807) is 18.3 Å². The van der Waals surface area contributed by atoms with Crippen molar-refractivity contribution in [3.05, 3.63) is 65.2 Å². The quantitative estimate of drug-likeness (QED) is 0.580. The van der Waals surface area contributed by atoms with Gasteiger partial charge in [-0.05, 0) is 35.2 Å². The molecule has 8 heteroatoms. The third-order valence-electron chi connectivity index (χ3n) is 4.69. The molecule has 154 valence electrons. The maximum Gasteiger partial charge on any atom is 0.271 e. The molecular formula is C21H25N3O4S. The van der Waals surface area contributed by atoms with E-state index in [1.165, 1.54) is 22.0 Å². The van der Waals surface area contributed by atoms with Gasteiger partial charge in [0.2, 0.25) is 10.0 Å².